The lowest BCUT2D eigenvalue weighted by Gasteiger charge is -2.21. The number of hydrogen-bond acceptors (Lipinski definition) is 3. The van der Waals surface area contributed by atoms with Gasteiger partial charge >= 0.3 is 0 Å². The maximum absolute atomic E-state index is 10.7. The lowest BCUT2D eigenvalue weighted by molar-refractivity contribution is -0.119. The van der Waals surface area contributed by atoms with Gasteiger partial charge in [0.05, 0.1) is 12.2 Å². The highest BCUT2D eigenvalue weighted by Crippen LogP contribution is 2.22. The summed E-state index contributed by atoms with van der Waals surface area (Å²) in [6.07, 6.45) is 2.90. The van der Waals surface area contributed by atoms with Crippen molar-refractivity contribution in [3.63, 3.8) is 0 Å². The predicted molar refractivity (Wildman–Crippen MR) is 50.2 cm³/mol. The van der Waals surface area contributed by atoms with Crippen LogP contribution in [0.4, 0.5) is 0 Å². The fourth-order valence-electron chi connectivity index (χ4n) is 1.77. The average Bonchev–Trinajstić information content (AvgIpc) is 2.47. The number of primary amides is 1. The maximum Gasteiger partial charge on any atom is 0.219 e. The van der Waals surface area contributed by atoms with Crippen LogP contribution in [0.1, 0.15) is 26.2 Å². The summed E-state index contributed by atoms with van der Waals surface area (Å²) >= 11 is 0. The van der Waals surface area contributed by atoms with Crippen LogP contribution >= 0.6 is 0 Å². The molecule has 4 heteroatoms. The molecule has 0 bridgehead atoms. The molecular weight excluding hydrogens is 168 g/mol. The lowest BCUT2D eigenvalue weighted by Crippen LogP contribution is -2.40. The zero-order chi connectivity index (χ0) is 9.84. The van der Waals surface area contributed by atoms with Crippen molar-refractivity contribution >= 4 is 5.91 Å². The van der Waals surface area contributed by atoms with Crippen molar-refractivity contribution in [3.05, 3.63) is 0 Å². The van der Waals surface area contributed by atoms with E-state index in [1.807, 2.05) is 7.05 Å². The first-order valence-corrected chi connectivity index (χ1v) is 4.74. The fourth-order valence-corrected chi connectivity index (χ4v) is 1.77. The van der Waals surface area contributed by atoms with E-state index >= 15 is 0 Å². The Morgan fingerprint density at radius 2 is 2.38 bits per heavy atom. The van der Waals surface area contributed by atoms with E-state index < -0.39 is 0 Å². The topological polar surface area (TPSA) is 64.3 Å². The highest BCUT2D eigenvalue weighted by atomic mass is 16.5. The molecular formula is C9H18N2O2. The molecule has 3 N–H and O–H groups in total. The van der Waals surface area contributed by atoms with Crippen LogP contribution in [0.2, 0.25) is 0 Å². The minimum absolute atomic E-state index is 0.0717. The standard InChI is InChI=1S/C9H18N2O2/c1-6-3-4-8(13-6)7(11-2)5-9(10)12/h6-8,11H,3-5H2,1-2H3,(H2,10,12). The first-order chi connectivity index (χ1) is 6.13. The summed E-state index contributed by atoms with van der Waals surface area (Å²) in [7, 11) is 1.83. The minimum atomic E-state index is -0.275. The highest BCUT2D eigenvalue weighted by molar-refractivity contribution is 5.74. The molecule has 0 aromatic rings. The Labute approximate surface area is 78.8 Å². The van der Waals surface area contributed by atoms with Crippen LogP contribution in [-0.2, 0) is 9.53 Å². The minimum Gasteiger partial charge on any atom is -0.374 e. The molecule has 1 amide bonds. The molecule has 13 heavy (non-hydrogen) atoms. The van der Waals surface area contributed by atoms with E-state index in [9.17, 15) is 4.79 Å². The number of nitrogens with two attached hydrogens (primary N) is 1. The molecule has 0 spiro atoms. The molecule has 1 heterocycles. The Balaban J connectivity index is 2.42. The normalized spacial score (nSPS) is 30.3. The van der Waals surface area contributed by atoms with Crippen molar-refractivity contribution in [3.8, 4) is 0 Å². The van der Waals surface area contributed by atoms with Crippen molar-refractivity contribution in [1.29, 1.82) is 0 Å². The van der Waals surface area contributed by atoms with Crippen LogP contribution in [0.5, 0.6) is 0 Å². The van der Waals surface area contributed by atoms with Gasteiger partial charge in [-0.2, -0.15) is 0 Å². The Morgan fingerprint density at radius 3 is 2.77 bits per heavy atom. The first kappa shape index (κ1) is 10.5. The highest BCUT2D eigenvalue weighted by Gasteiger charge is 2.29. The number of ether oxygens (including phenoxy) is 1. The number of amides is 1. The quantitative estimate of drug-likeness (QED) is 0.650. The Kier molecular flexibility index (Phi) is 3.69. The first-order valence-electron chi connectivity index (χ1n) is 4.74. The lowest BCUT2D eigenvalue weighted by atomic mass is 10.0. The molecule has 0 aromatic carbocycles. The molecule has 1 aliphatic rings. The number of rotatable bonds is 4. The van der Waals surface area contributed by atoms with E-state index in [1.54, 1.807) is 0 Å². The van der Waals surface area contributed by atoms with Crippen LogP contribution in [0.25, 0.3) is 0 Å². The number of carbonyl (C=O) groups excluding carboxylic acids is 1. The van der Waals surface area contributed by atoms with Gasteiger partial charge < -0.3 is 15.8 Å². The van der Waals surface area contributed by atoms with E-state index in [0.717, 1.165) is 12.8 Å². The van der Waals surface area contributed by atoms with Gasteiger partial charge in [-0.05, 0) is 26.8 Å². The average molecular weight is 186 g/mol. The third-order valence-corrected chi connectivity index (χ3v) is 2.51. The smallest absolute Gasteiger partial charge is 0.219 e. The van der Waals surface area contributed by atoms with Crippen LogP contribution < -0.4 is 11.1 Å². The zero-order valence-corrected chi connectivity index (χ0v) is 8.25. The Bertz CT molecular complexity index is 184. The molecule has 3 unspecified atom stereocenters. The summed E-state index contributed by atoms with van der Waals surface area (Å²) in [6, 6.07) is 0.0717. The molecule has 1 saturated heterocycles. The van der Waals surface area contributed by atoms with Crippen molar-refractivity contribution in [2.75, 3.05) is 7.05 Å². The second-order valence-corrected chi connectivity index (χ2v) is 3.63. The van der Waals surface area contributed by atoms with E-state index in [2.05, 4.69) is 12.2 Å². The van der Waals surface area contributed by atoms with Crippen LogP contribution in [-0.4, -0.2) is 31.2 Å². The number of hydrogen-bond donors (Lipinski definition) is 2. The predicted octanol–water partition coefficient (Wildman–Crippen LogP) is 0.0173. The van der Waals surface area contributed by atoms with Gasteiger partial charge in [0.25, 0.3) is 0 Å². The third-order valence-electron chi connectivity index (χ3n) is 2.51. The molecule has 0 saturated carbocycles. The van der Waals surface area contributed by atoms with Gasteiger partial charge in [-0.1, -0.05) is 0 Å². The molecule has 0 aromatic heterocycles. The fraction of sp³-hybridized carbons (Fsp3) is 0.889. The van der Waals surface area contributed by atoms with E-state index in [0.29, 0.717) is 12.5 Å². The van der Waals surface area contributed by atoms with E-state index in [-0.39, 0.29) is 18.1 Å². The summed E-state index contributed by atoms with van der Waals surface area (Å²) in [5.74, 6) is -0.275. The Morgan fingerprint density at radius 1 is 1.69 bits per heavy atom. The monoisotopic (exact) mass is 186 g/mol. The van der Waals surface area contributed by atoms with Gasteiger partial charge in [0.15, 0.2) is 0 Å². The van der Waals surface area contributed by atoms with Crippen molar-refractivity contribution < 1.29 is 9.53 Å². The van der Waals surface area contributed by atoms with Gasteiger partial charge in [-0.25, -0.2) is 0 Å². The Hall–Kier alpha value is -0.610. The number of carbonyl (C=O) groups is 1. The molecule has 1 fully saturated rings. The molecule has 4 nitrogen and oxygen atoms in total. The molecule has 0 aliphatic carbocycles. The van der Waals surface area contributed by atoms with Gasteiger partial charge in [0, 0.05) is 12.5 Å². The summed E-state index contributed by atoms with van der Waals surface area (Å²) in [6.45, 7) is 2.05. The SMILES string of the molecule is CNC(CC(N)=O)C1CCC(C)O1. The van der Waals surface area contributed by atoms with Gasteiger partial charge in [-0.15, -0.1) is 0 Å². The van der Waals surface area contributed by atoms with Crippen molar-refractivity contribution in [2.24, 2.45) is 5.73 Å². The number of nitrogens with one attached hydrogen (secondary N) is 1. The summed E-state index contributed by atoms with van der Waals surface area (Å²) in [4.78, 5) is 10.7. The van der Waals surface area contributed by atoms with Crippen molar-refractivity contribution in [2.45, 2.75) is 44.4 Å². The van der Waals surface area contributed by atoms with Crippen LogP contribution in [0, 0.1) is 0 Å². The molecule has 1 aliphatic heterocycles. The molecule has 1 rings (SSSR count). The van der Waals surface area contributed by atoms with Gasteiger partial charge in [0.1, 0.15) is 0 Å². The van der Waals surface area contributed by atoms with Crippen molar-refractivity contribution in [1.82, 2.24) is 5.32 Å². The van der Waals surface area contributed by atoms with E-state index in [4.69, 9.17) is 10.5 Å². The number of likely N-dealkylation sites (N-methyl/N-ethyl adjacent to an activating group) is 1. The van der Waals surface area contributed by atoms with Gasteiger partial charge in [-0.3, -0.25) is 4.79 Å². The maximum atomic E-state index is 10.7. The van der Waals surface area contributed by atoms with E-state index in [1.165, 1.54) is 0 Å². The second kappa shape index (κ2) is 4.58. The van der Waals surface area contributed by atoms with Gasteiger partial charge in [0.2, 0.25) is 5.91 Å². The molecule has 0 radical (unpaired) electrons. The summed E-state index contributed by atoms with van der Waals surface area (Å²) in [5.41, 5.74) is 5.14. The van der Waals surface area contributed by atoms with Crippen LogP contribution in [0.15, 0.2) is 0 Å². The largest absolute Gasteiger partial charge is 0.374 e. The summed E-state index contributed by atoms with van der Waals surface area (Å²) in [5, 5.41) is 3.07. The van der Waals surface area contributed by atoms with Crippen LogP contribution in [0.3, 0.4) is 0 Å². The zero-order valence-electron chi connectivity index (χ0n) is 8.25. The molecule has 3 atom stereocenters. The second-order valence-electron chi connectivity index (χ2n) is 3.63. The summed E-state index contributed by atoms with van der Waals surface area (Å²) < 4.78 is 5.64. The third kappa shape index (κ3) is 2.97. The molecule has 76 valence electrons.